The van der Waals surface area contributed by atoms with Crippen molar-refractivity contribution in [1.82, 2.24) is 15.1 Å². The number of rotatable bonds is 2. The van der Waals surface area contributed by atoms with Crippen LogP contribution in [0.1, 0.15) is 12.8 Å². The van der Waals surface area contributed by atoms with E-state index in [1.165, 1.54) is 0 Å². The Labute approximate surface area is 112 Å². The van der Waals surface area contributed by atoms with E-state index in [9.17, 15) is 4.79 Å². The normalized spacial score (nSPS) is 24.2. The molecule has 2 amide bonds. The van der Waals surface area contributed by atoms with Crippen LogP contribution in [0.25, 0.3) is 0 Å². The van der Waals surface area contributed by atoms with Crippen molar-refractivity contribution in [1.29, 1.82) is 0 Å². The summed E-state index contributed by atoms with van der Waals surface area (Å²) in [5.41, 5.74) is 0. The zero-order valence-corrected chi connectivity index (χ0v) is 11.8. The maximum atomic E-state index is 12.1. The Bertz CT molecular complexity index is 282. The van der Waals surface area contributed by atoms with Crippen molar-refractivity contribution in [2.75, 3.05) is 44.9 Å². The van der Waals surface area contributed by atoms with Crippen LogP contribution in [0.4, 0.5) is 4.79 Å². The monoisotopic (exact) mass is 277 g/mol. The highest BCUT2D eigenvalue weighted by Crippen LogP contribution is 2.43. The van der Waals surface area contributed by atoms with Gasteiger partial charge >= 0.3 is 6.03 Å². The van der Waals surface area contributed by atoms with E-state index in [4.69, 9.17) is 11.6 Å². The number of likely N-dealkylation sites (tertiary alicyclic amines) is 1. The number of carbonyl (C=O) groups is 1. The molecule has 1 N–H and O–H groups in total. The van der Waals surface area contributed by atoms with E-state index < -0.39 is 0 Å². The van der Waals surface area contributed by atoms with Crippen LogP contribution in [0.2, 0.25) is 0 Å². The number of nitrogens with one attached hydrogen (secondary N) is 1. The van der Waals surface area contributed by atoms with Gasteiger partial charge in [0.25, 0.3) is 0 Å². The molecular weight excluding hydrogens is 258 g/mol. The highest BCUT2D eigenvalue weighted by atomic mass is 35.5. The van der Waals surface area contributed by atoms with E-state index in [1.807, 2.05) is 16.7 Å². The van der Waals surface area contributed by atoms with Crippen molar-refractivity contribution in [2.24, 2.45) is 0 Å². The molecule has 17 heavy (non-hydrogen) atoms. The first kappa shape index (κ1) is 13.3. The summed E-state index contributed by atoms with van der Waals surface area (Å²) in [6.07, 6.45) is 2.14. The van der Waals surface area contributed by atoms with Crippen molar-refractivity contribution < 1.29 is 4.79 Å². The molecule has 4 nitrogen and oxygen atoms in total. The fourth-order valence-electron chi connectivity index (χ4n) is 2.53. The molecule has 0 saturated carbocycles. The van der Waals surface area contributed by atoms with Crippen molar-refractivity contribution in [3.8, 4) is 0 Å². The Morgan fingerprint density at radius 1 is 1.41 bits per heavy atom. The van der Waals surface area contributed by atoms with Crippen molar-refractivity contribution in [3.63, 3.8) is 0 Å². The third-order valence-electron chi connectivity index (χ3n) is 3.56. The summed E-state index contributed by atoms with van der Waals surface area (Å²) >= 11 is 7.55. The van der Waals surface area contributed by atoms with E-state index in [0.717, 1.165) is 38.2 Å². The van der Waals surface area contributed by atoms with Gasteiger partial charge in [0.2, 0.25) is 0 Å². The van der Waals surface area contributed by atoms with Crippen LogP contribution in [0.15, 0.2) is 0 Å². The lowest BCUT2D eigenvalue weighted by Crippen LogP contribution is -2.54. The molecule has 0 aromatic rings. The fraction of sp³-hybridized carbons (Fsp3) is 0.909. The predicted octanol–water partition coefficient (Wildman–Crippen LogP) is 1.41. The van der Waals surface area contributed by atoms with E-state index in [-0.39, 0.29) is 10.9 Å². The molecule has 0 aromatic heterocycles. The summed E-state index contributed by atoms with van der Waals surface area (Å²) < 4.78 is 0. The third kappa shape index (κ3) is 2.83. The van der Waals surface area contributed by atoms with E-state index in [0.29, 0.717) is 12.4 Å². The summed E-state index contributed by atoms with van der Waals surface area (Å²) in [7, 11) is 2.14. The molecular formula is C11H20ClN3OS. The van der Waals surface area contributed by atoms with Crippen molar-refractivity contribution in [2.45, 2.75) is 17.7 Å². The summed E-state index contributed by atoms with van der Waals surface area (Å²) in [5, 5.41) is 2.89. The minimum atomic E-state index is 0.0445. The molecule has 2 fully saturated rings. The van der Waals surface area contributed by atoms with Gasteiger partial charge in [0.1, 0.15) is 0 Å². The van der Waals surface area contributed by atoms with Crippen LogP contribution in [-0.4, -0.2) is 65.6 Å². The van der Waals surface area contributed by atoms with Gasteiger partial charge in [-0.05, 0) is 19.9 Å². The SMILES string of the molecule is CN1CCC2(CC1)SCCN2C(=O)NCCCl. The van der Waals surface area contributed by atoms with Crippen LogP contribution < -0.4 is 5.32 Å². The number of amides is 2. The zero-order chi connectivity index (χ0) is 12.3. The number of carbonyl (C=O) groups excluding carboxylic acids is 1. The van der Waals surface area contributed by atoms with Gasteiger partial charge in [-0.2, -0.15) is 0 Å². The molecule has 2 aliphatic rings. The molecule has 0 radical (unpaired) electrons. The lowest BCUT2D eigenvalue weighted by atomic mass is 10.0. The minimum absolute atomic E-state index is 0.0445. The number of alkyl halides is 1. The number of nitrogens with zero attached hydrogens (tertiary/aromatic N) is 2. The van der Waals surface area contributed by atoms with Crippen molar-refractivity contribution >= 4 is 29.4 Å². The van der Waals surface area contributed by atoms with Gasteiger partial charge in [-0.15, -0.1) is 23.4 Å². The van der Waals surface area contributed by atoms with Gasteiger partial charge in [-0.25, -0.2) is 4.79 Å². The van der Waals surface area contributed by atoms with Crippen LogP contribution in [-0.2, 0) is 0 Å². The predicted molar refractivity (Wildman–Crippen MR) is 72.7 cm³/mol. The number of piperidine rings is 1. The number of hydrogen-bond donors (Lipinski definition) is 1. The first-order valence-electron chi connectivity index (χ1n) is 6.12. The van der Waals surface area contributed by atoms with Gasteiger partial charge in [0, 0.05) is 37.8 Å². The lowest BCUT2D eigenvalue weighted by molar-refractivity contribution is 0.125. The summed E-state index contributed by atoms with van der Waals surface area (Å²) in [6, 6.07) is 0.0557. The van der Waals surface area contributed by atoms with Crippen LogP contribution >= 0.6 is 23.4 Å². The molecule has 0 bridgehead atoms. The van der Waals surface area contributed by atoms with Gasteiger partial charge in [0.15, 0.2) is 0 Å². The standard InChI is InChI=1S/C11H20ClN3OS/c1-14-6-2-11(3-7-14)15(8-9-17-11)10(16)13-5-4-12/h2-9H2,1H3,(H,13,16). The number of urea groups is 1. The van der Waals surface area contributed by atoms with Gasteiger partial charge in [-0.3, -0.25) is 0 Å². The fourth-order valence-corrected chi connectivity index (χ4v) is 4.08. The van der Waals surface area contributed by atoms with Crippen LogP contribution in [0, 0.1) is 0 Å². The van der Waals surface area contributed by atoms with Crippen LogP contribution in [0.3, 0.4) is 0 Å². The number of halogens is 1. The first-order chi connectivity index (χ1) is 8.18. The quantitative estimate of drug-likeness (QED) is 0.775. The van der Waals surface area contributed by atoms with E-state index >= 15 is 0 Å². The van der Waals surface area contributed by atoms with Gasteiger partial charge in [0.05, 0.1) is 4.87 Å². The Balaban J connectivity index is 1.99. The minimum Gasteiger partial charge on any atom is -0.337 e. The Morgan fingerprint density at radius 2 is 2.12 bits per heavy atom. The Morgan fingerprint density at radius 3 is 2.76 bits per heavy atom. The summed E-state index contributed by atoms with van der Waals surface area (Å²) in [4.78, 5) is 16.5. The highest BCUT2D eigenvalue weighted by Gasteiger charge is 2.45. The molecule has 0 unspecified atom stereocenters. The molecule has 0 aromatic carbocycles. The third-order valence-corrected chi connectivity index (χ3v) is 5.30. The smallest absolute Gasteiger partial charge is 0.318 e. The molecule has 0 aliphatic carbocycles. The summed E-state index contributed by atoms with van der Waals surface area (Å²) in [5.74, 6) is 1.53. The average molecular weight is 278 g/mol. The number of thioether (sulfide) groups is 1. The van der Waals surface area contributed by atoms with Crippen molar-refractivity contribution in [3.05, 3.63) is 0 Å². The first-order valence-corrected chi connectivity index (χ1v) is 7.64. The molecule has 2 aliphatic heterocycles. The topological polar surface area (TPSA) is 35.6 Å². The van der Waals surface area contributed by atoms with Gasteiger partial charge < -0.3 is 15.1 Å². The highest BCUT2D eigenvalue weighted by molar-refractivity contribution is 8.00. The summed E-state index contributed by atoms with van der Waals surface area (Å²) in [6.45, 7) is 3.57. The largest absolute Gasteiger partial charge is 0.337 e. The zero-order valence-electron chi connectivity index (χ0n) is 10.2. The Hall–Kier alpha value is -0.130. The van der Waals surface area contributed by atoms with Gasteiger partial charge in [-0.1, -0.05) is 0 Å². The second-order valence-electron chi connectivity index (χ2n) is 4.67. The molecule has 2 saturated heterocycles. The number of hydrogen-bond acceptors (Lipinski definition) is 3. The Kier molecular flexibility index (Phi) is 4.44. The molecule has 6 heteroatoms. The maximum absolute atomic E-state index is 12.1. The molecule has 98 valence electrons. The maximum Gasteiger partial charge on any atom is 0.318 e. The van der Waals surface area contributed by atoms with Crippen LogP contribution in [0.5, 0.6) is 0 Å². The molecule has 2 rings (SSSR count). The molecule has 0 atom stereocenters. The molecule has 2 heterocycles. The van der Waals surface area contributed by atoms with E-state index in [1.54, 1.807) is 0 Å². The second-order valence-corrected chi connectivity index (χ2v) is 6.51. The lowest BCUT2D eigenvalue weighted by Gasteiger charge is -2.43. The molecule has 1 spiro atoms. The average Bonchev–Trinajstić information content (AvgIpc) is 2.74. The van der Waals surface area contributed by atoms with E-state index in [2.05, 4.69) is 17.3 Å². The second kappa shape index (κ2) is 5.67.